The van der Waals surface area contributed by atoms with Gasteiger partial charge in [-0.25, -0.2) is 4.98 Å². The van der Waals surface area contributed by atoms with E-state index in [0.29, 0.717) is 27.1 Å². The standard InChI is InChI=1S/C18H12Cl3N3O2/c19-12-6-4-10(5-7-12)17-22-9-11(18(26)24-17)8-15(25)23-14-3-1-2-13(20)16(14)21/h1-7,9H,8H2,(H,23,25)(H,22,24,26). The normalized spacial score (nSPS) is 10.6. The number of nitrogens with zero attached hydrogens (tertiary/aromatic N) is 1. The molecule has 3 rings (SSSR count). The Hall–Kier alpha value is -2.34. The predicted octanol–water partition coefficient (Wildman–Crippen LogP) is 4.58. The lowest BCUT2D eigenvalue weighted by Gasteiger charge is -2.08. The number of hydrogen-bond donors (Lipinski definition) is 2. The SMILES string of the molecule is O=C(Cc1cnc(-c2ccc(Cl)cc2)[nH]c1=O)Nc1cccc(Cl)c1Cl. The van der Waals surface area contributed by atoms with E-state index in [9.17, 15) is 9.59 Å². The third-order valence-corrected chi connectivity index (χ3v) is 4.64. The topological polar surface area (TPSA) is 74.8 Å². The lowest BCUT2D eigenvalue weighted by molar-refractivity contribution is -0.115. The highest BCUT2D eigenvalue weighted by Gasteiger charge is 2.12. The largest absolute Gasteiger partial charge is 0.324 e. The zero-order valence-electron chi connectivity index (χ0n) is 13.2. The van der Waals surface area contributed by atoms with Crippen molar-refractivity contribution in [2.75, 3.05) is 5.32 Å². The molecule has 0 atom stereocenters. The molecule has 0 fully saturated rings. The molecule has 1 aromatic heterocycles. The van der Waals surface area contributed by atoms with Gasteiger partial charge in [-0.3, -0.25) is 9.59 Å². The van der Waals surface area contributed by atoms with Crippen LogP contribution in [0, 0.1) is 0 Å². The van der Waals surface area contributed by atoms with E-state index in [1.807, 2.05) is 0 Å². The molecule has 1 heterocycles. The van der Waals surface area contributed by atoms with Crippen molar-refractivity contribution in [3.63, 3.8) is 0 Å². The molecule has 0 aliphatic carbocycles. The van der Waals surface area contributed by atoms with E-state index < -0.39 is 11.5 Å². The van der Waals surface area contributed by atoms with Gasteiger partial charge in [-0.05, 0) is 36.4 Å². The number of benzene rings is 2. The van der Waals surface area contributed by atoms with Gasteiger partial charge in [0.05, 0.1) is 22.2 Å². The molecule has 0 saturated carbocycles. The van der Waals surface area contributed by atoms with Crippen molar-refractivity contribution in [2.24, 2.45) is 0 Å². The van der Waals surface area contributed by atoms with Crippen molar-refractivity contribution >= 4 is 46.4 Å². The summed E-state index contributed by atoms with van der Waals surface area (Å²) in [5.74, 6) is -0.00517. The summed E-state index contributed by atoms with van der Waals surface area (Å²) in [6, 6.07) is 11.8. The Morgan fingerprint density at radius 2 is 1.81 bits per heavy atom. The molecule has 5 nitrogen and oxygen atoms in total. The summed E-state index contributed by atoms with van der Waals surface area (Å²) in [5, 5.41) is 3.79. The van der Waals surface area contributed by atoms with E-state index >= 15 is 0 Å². The molecule has 3 aromatic rings. The fourth-order valence-electron chi connectivity index (χ4n) is 2.27. The first-order valence-electron chi connectivity index (χ1n) is 7.52. The number of aromatic amines is 1. The van der Waals surface area contributed by atoms with Crippen LogP contribution in [0.3, 0.4) is 0 Å². The summed E-state index contributed by atoms with van der Waals surface area (Å²) < 4.78 is 0. The molecule has 0 saturated heterocycles. The van der Waals surface area contributed by atoms with Gasteiger partial charge in [0.25, 0.3) is 5.56 Å². The Morgan fingerprint density at radius 3 is 2.50 bits per heavy atom. The minimum Gasteiger partial charge on any atom is -0.324 e. The van der Waals surface area contributed by atoms with Gasteiger partial charge < -0.3 is 10.3 Å². The molecule has 0 aliphatic rings. The van der Waals surface area contributed by atoms with E-state index in [-0.39, 0.29) is 17.0 Å². The highest BCUT2D eigenvalue weighted by molar-refractivity contribution is 6.44. The number of amides is 1. The third kappa shape index (κ3) is 4.25. The Bertz CT molecular complexity index is 1020. The monoisotopic (exact) mass is 407 g/mol. The molecule has 8 heteroatoms. The minimum absolute atomic E-state index is 0.147. The molecule has 0 bridgehead atoms. The molecule has 0 unspecified atom stereocenters. The average Bonchev–Trinajstić information content (AvgIpc) is 2.61. The lowest BCUT2D eigenvalue weighted by Crippen LogP contribution is -2.22. The van der Waals surface area contributed by atoms with Crippen LogP contribution in [-0.4, -0.2) is 15.9 Å². The average molecular weight is 409 g/mol. The Morgan fingerprint density at radius 1 is 1.08 bits per heavy atom. The summed E-state index contributed by atoms with van der Waals surface area (Å²) in [6.07, 6.45) is 1.23. The van der Waals surface area contributed by atoms with Gasteiger partial charge >= 0.3 is 0 Å². The number of aromatic nitrogens is 2. The van der Waals surface area contributed by atoms with Crippen LogP contribution in [0.5, 0.6) is 0 Å². The summed E-state index contributed by atoms with van der Waals surface area (Å²) in [6.45, 7) is 0. The fraction of sp³-hybridized carbons (Fsp3) is 0.0556. The second kappa shape index (κ2) is 7.91. The molecule has 26 heavy (non-hydrogen) atoms. The van der Waals surface area contributed by atoms with E-state index in [1.165, 1.54) is 6.20 Å². The quantitative estimate of drug-likeness (QED) is 0.663. The van der Waals surface area contributed by atoms with Gasteiger partial charge in [0, 0.05) is 22.3 Å². The molecule has 132 valence electrons. The molecule has 0 spiro atoms. The summed E-state index contributed by atoms with van der Waals surface area (Å²) in [5.41, 5.74) is 0.940. The Kier molecular flexibility index (Phi) is 5.61. The predicted molar refractivity (Wildman–Crippen MR) is 104 cm³/mol. The molecule has 2 aromatic carbocycles. The number of nitrogens with one attached hydrogen (secondary N) is 2. The summed E-state index contributed by atoms with van der Waals surface area (Å²) in [4.78, 5) is 31.3. The number of rotatable bonds is 4. The van der Waals surface area contributed by atoms with E-state index in [0.717, 1.165) is 0 Å². The van der Waals surface area contributed by atoms with Crippen LogP contribution < -0.4 is 10.9 Å². The number of carbonyl (C=O) groups is 1. The van der Waals surface area contributed by atoms with Crippen LogP contribution in [0.25, 0.3) is 11.4 Å². The number of anilines is 1. The van der Waals surface area contributed by atoms with E-state index in [2.05, 4.69) is 15.3 Å². The van der Waals surface area contributed by atoms with Crippen LogP contribution in [-0.2, 0) is 11.2 Å². The Balaban J connectivity index is 1.76. The zero-order valence-corrected chi connectivity index (χ0v) is 15.5. The van der Waals surface area contributed by atoms with Gasteiger partial charge in [0.2, 0.25) is 5.91 Å². The van der Waals surface area contributed by atoms with Crippen molar-refractivity contribution in [3.8, 4) is 11.4 Å². The number of halogens is 3. The highest BCUT2D eigenvalue weighted by atomic mass is 35.5. The van der Waals surface area contributed by atoms with Crippen LogP contribution in [0.1, 0.15) is 5.56 Å². The number of carbonyl (C=O) groups excluding carboxylic acids is 1. The number of H-pyrrole nitrogens is 1. The second-order valence-corrected chi connectivity index (χ2v) is 6.64. The van der Waals surface area contributed by atoms with E-state index in [1.54, 1.807) is 42.5 Å². The van der Waals surface area contributed by atoms with Gasteiger partial charge in [0.15, 0.2) is 0 Å². The maximum atomic E-state index is 12.2. The van der Waals surface area contributed by atoms with Crippen LogP contribution in [0.4, 0.5) is 5.69 Å². The second-order valence-electron chi connectivity index (χ2n) is 5.42. The Labute approximate surface area is 163 Å². The first kappa shape index (κ1) is 18.5. The minimum atomic E-state index is -0.402. The summed E-state index contributed by atoms with van der Waals surface area (Å²) in [7, 11) is 0. The molecular formula is C18H12Cl3N3O2. The molecule has 0 radical (unpaired) electrons. The van der Waals surface area contributed by atoms with Crippen molar-refractivity contribution in [2.45, 2.75) is 6.42 Å². The van der Waals surface area contributed by atoms with Crippen molar-refractivity contribution < 1.29 is 4.79 Å². The molecular weight excluding hydrogens is 397 g/mol. The summed E-state index contributed by atoms with van der Waals surface area (Å²) >= 11 is 17.8. The van der Waals surface area contributed by atoms with E-state index in [4.69, 9.17) is 34.8 Å². The molecule has 0 aliphatic heterocycles. The molecule has 1 amide bonds. The fourth-order valence-corrected chi connectivity index (χ4v) is 2.74. The maximum absolute atomic E-state index is 12.2. The van der Waals surface area contributed by atoms with Crippen LogP contribution >= 0.6 is 34.8 Å². The van der Waals surface area contributed by atoms with Crippen molar-refractivity contribution in [1.82, 2.24) is 9.97 Å². The van der Waals surface area contributed by atoms with Gasteiger partial charge in [-0.15, -0.1) is 0 Å². The lowest BCUT2D eigenvalue weighted by atomic mass is 10.2. The van der Waals surface area contributed by atoms with Gasteiger partial charge in [-0.1, -0.05) is 40.9 Å². The maximum Gasteiger partial charge on any atom is 0.254 e. The van der Waals surface area contributed by atoms with Gasteiger partial charge in [0.1, 0.15) is 5.82 Å². The first-order chi connectivity index (χ1) is 12.4. The van der Waals surface area contributed by atoms with Crippen molar-refractivity contribution in [1.29, 1.82) is 0 Å². The zero-order chi connectivity index (χ0) is 18.7. The van der Waals surface area contributed by atoms with Crippen molar-refractivity contribution in [3.05, 3.63) is 79.6 Å². The van der Waals surface area contributed by atoms with Crippen LogP contribution in [0.2, 0.25) is 15.1 Å². The molecule has 2 N–H and O–H groups in total. The van der Waals surface area contributed by atoms with Gasteiger partial charge in [-0.2, -0.15) is 0 Å². The smallest absolute Gasteiger partial charge is 0.254 e. The first-order valence-corrected chi connectivity index (χ1v) is 8.65. The number of hydrogen-bond acceptors (Lipinski definition) is 3. The third-order valence-electron chi connectivity index (χ3n) is 3.57. The van der Waals surface area contributed by atoms with Crippen LogP contribution in [0.15, 0.2) is 53.5 Å². The highest BCUT2D eigenvalue weighted by Crippen LogP contribution is 2.29.